The minimum absolute atomic E-state index is 0.102. The number of aryl methyl sites for hydroxylation is 2. The molecule has 18 heavy (non-hydrogen) atoms. The molecule has 1 aromatic heterocycles. The van der Waals surface area contributed by atoms with Gasteiger partial charge in [-0.05, 0) is 31.6 Å². The normalized spacial score (nSPS) is 25.1. The van der Waals surface area contributed by atoms with E-state index in [-0.39, 0.29) is 11.9 Å². The topological polar surface area (TPSA) is 55.1 Å². The first-order chi connectivity index (χ1) is 8.49. The lowest BCUT2D eigenvalue weighted by Crippen LogP contribution is -2.46. The molecule has 1 saturated carbocycles. The fraction of sp³-hybridized carbons (Fsp3) is 0.714. The second-order valence-electron chi connectivity index (χ2n) is 5.52. The minimum Gasteiger partial charge on any atom is -0.445 e. The van der Waals surface area contributed by atoms with Crippen molar-refractivity contribution in [2.45, 2.75) is 53.0 Å². The van der Waals surface area contributed by atoms with E-state index in [1.165, 1.54) is 19.3 Å². The summed E-state index contributed by atoms with van der Waals surface area (Å²) < 4.78 is 5.31. The zero-order valence-electron chi connectivity index (χ0n) is 11.6. The summed E-state index contributed by atoms with van der Waals surface area (Å²) in [6.45, 7) is 7.96. The van der Waals surface area contributed by atoms with E-state index in [1.54, 1.807) is 13.8 Å². The van der Waals surface area contributed by atoms with Gasteiger partial charge in [-0.3, -0.25) is 4.79 Å². The Morgan fingerprint density at radius 2 is 1.89 bits per heavy atom. The summed E-state index contributed by atoms with van der Waals surface area (Å²) in [5.41, 5.74) is 0.428. The Labute approximate surface area is 108 Å². The number of aromatic nitrogens is 1. The average Bonchev–Trinajstić information content (AvgIpc) is 2.63. The molecule has 1 heterocycles. The first kappa shape index (κ1) is 13.1. The highest BCUT2D eigenvalue weighted by molar-refractivity contribution is 5.93. The van der Waals surface area contributed by atoms with Crippen LogP contribution in [0.4, 0.5) is 0 Å². The molecular formula is C14H22N2O2. The molecular weight excluding hydrogens is 228 g/mol. The van der Waals surface area contributed by atoms with Gasteiger partial charge in [-0.15, -0.1) is 0 Å². The summed E-state index contributed by atoms with van der Waals surface area (Å²) in [4.78, 5) is 16.4. The van der Waals surface area contributed by atoms with Crippen LogP contribution >= 0.6 is 0 Å². The molecule has 4 nitrogen and oxygen atoms in total. The van der Waals surface area contributed by atoms with E-state index in [2.05, 4.69) is 24.1 Å². The third-order valence-corrected chi connectivity index (χ3v) is 3.96. The Bertz CT molecular complexity index is 429. The predicted molar refractivity (Wildman–Crippen MR) is 69.4 cm³/mol. The summed E-state index contributed by atoms with van der Waals surface area (Å²) in [5.74, 6) is 2.11. The van der Waals surface area contributed by atoms with Gasteiger partial charge in [0.25, 0.3) is 5.91 Å². The molecule has 1 fully saturated rings. The number of amides is 1. The van der Waals surface area contributed by atoms with Gasteiger partial charge in [0.1, 0.15) is 5.76 Å². The molecule has 0 bridgehead atoms. The number of nitrogens with one attached hydrogen (secondary N) is 1. The Hall–Kier alpha value is -1.32. The van der Waals surface area contributed by atoms with Crippen LogP contribution in [0.3, 0.4) is 0 Å². The van der Waals surface area contributed by atoms with E-state index in [9.17, 15) is 4.79 Å². The molecule has 2 rings (SSSR count). The van der Waals surface area contributed by atoms with Gasteiger partial charge in [0.05, 0.1) is 0 Å². The summed E-state index contributed by atoms with van der Waals surface area (Å²) in [6, 6.07) is 0.252. The van der Waals surface area contributed by atoms with E-state index in [4.69, 9.17) is 4.42 Å². The SMILES string of the molecule is Cc1nc(C(=O)NC2[C@H](C)CCC[C@H]2C)c(C)o1. The van der Waals surface area contributed by atoms with Crippen LogP contribution in [0.5, 0.6) is 0 Å². The lowest BCUT2D eigenvalue weighted by Gasteiger charge is -2.34. The van der Waals surface area contributed by atoms with Crippen molar-refractivity contribution in [2.75, 3.05) is 0 Å². The summed E-state index contributed by atoms with van der Waals surface area (Å²) in [5, 5.41) is 3.13. The van der Waals surface area contributed by atoms with Gasteiger partial charge < -0.3 is 9.73 Å². The second kappa shape index (κ2) is 5.12. The Kier molecular flexibility index (Phi) is 3.73. The van der Waals surface area contributed by atoms with Crippen LogP contribution in [0.15, 0.2) is 4.42 Å². The van der Waals surface area contributed by atoms with Crippen molar-refractivity contribution in [3.05, 3.63) is 17.3 Å². The number of hydrogen-bond donors (Lipinski definition) is 1. The van der Waals surface area contributed by atoms with Crippen molar-refractivity contribution in [1.29, 1.82) is 0 Å². The molecule has 1 amide bonds. The largest absolute Gasteiger partial charge is 0.445 e. The molecule has 100 valence electrons. The Morgan fingerprint density at radius 3 is 2.39 bits per heavy atom. The number of oxazole rings is 1. The van der Waals surface area contributed by atoms with Gasteiger partial charge in [0, 0.05) is 13.0 Å². The van der Waals surface area contributed by atoms with Crippen molar-refractivity contribution < 1.29 is 9.21 Å². The van der Waals surface area contributed by atoms with Crippen molar-refractivity contribution in [2.24, 2.45) is 11.8 Å². The van der Waals surface area contributed by atoms with Gasteiger partial charge in [-0.1, -0.05) is 20.3 Å². The van der Waals surface area contributed by atoms with Gasteiger partial charge in [0.15, 0.2) is 11.6 Å². The first-order valence-electron chi connectivity index (χ1n) is 6.74. The highest BCUT2D eigenvalue weighted by atomic mass is 16.4. The van der Waals surface area contributed by atoms with E-state index < -0.39 is 0 Å². The molecule has 4 heteroatoms. The van der Waals surface area contributed by atoms with Crippen molar-refractivity contribution in [1.82, 2.24) is 10.3 Å². The van der Waals surface area contributed by atoms with Crippen LogP contribution < -0.4 is 5.32 Å². The zero-order valence-corrected chi connectivity index (χ0v) is 11.6. The molecule has 0 saturated heterocycles. The molecule has 0 unspecified atom stereocenters. The van der Waals surface area contributed by atoms with Crippen molar-refractivity contribution >= 4 is 5.91 Å². The van der Waals surface area contributed by atoms with Crippen LogP contribution in [0.1, 0.15) is 55.2 Å². The quantitative estimate of drug-likeness (QED) is 0.878. The molecule has 1 N–H and O–H groups in total. The lowest BCUT2D eigenvalue weighted by atomic mass is 9.78. The highest BCUT2D eigenvalue weighted by Crippen LogP contribution is 2.29. The molecule has 0 radical (unpaired) electrons. The first-order valence-corrected chi connectivity index (χ1v) is 6.74. The molecule has 1 aliphatic carbocycles. The number of rotatable bonds is 2. The van der Waals surface area contributed by atoms with Crippen molar-refractivity contribution in [3.63, 3.8) is 0 Å². The lowest BCUT2D eigenvalue weighted by molar-refractivity contribution is 0.0874. The molecule has 2 atom stereocenters. The summed E-state index contributed by atoms with van der Waals surface area (Å²) >= 11 is 0. The third-order valence-electron chi connectivity index (χ3n) is 3.96. The van der Waals surface area contributed by atoms with Gasteiger partial charge in [-0.2, -0.15) is 0 Å². The van der Waals surface area contributed by atoms with E-state index in [1.807, 2.05) is 0 Å². The van der Waals surface area contributed by atoms with Gasteiger partial charge >= 0.3 is 0 Å². The predicted octanol–water partition coefficient (Wildman–Crippen LogP) is 2.85. The van der Waals surface area contributed by atoms with Gasteiger partial charge in [-0.25, -0.2) is 4.98 Å². The summed E-state index contributed by atoms with van der Waals surface area (Å²) in [6.07, 6.45) is 3.63. The molecule has 0 aromatic carbocycles. The molecule has 0 aliphatic heterocycles. The number of carbonyl (C=O) groups is 1. The minimum atomic E-state index is -0.102. The third kappa shape index (κ3) is 2.57. The Morgan fingerprint density at radius 1 is 1.28 bits per heavy atom. The molecule has 1 aromatic rings. The molecule has 1 aliphatic rings. The monoisotopic (exact) mass is 250 g/mol. The van der Waals surface area contributed by atoms with E-state index in [0.717, 1.165) is 0 Å². The van der Waals surface area contributed by atoms with Crippen LogP contribution in [-0.4, -0.2) is 16.9 Å². The maximum Gasteiger partial charge on any atom is 0.273 e. The smallest absolute Gasteiger partial charge is 0.273 e. The van der Waals surface area contributed by atoms with Crippen LogP contribution in [-0.2, 0) is 0 Å². The Balaban J connectivity index is 2.08. The fourth-order valence-corrected chi connectivity index (χ4v) is 2.93. The maximum atomic E-state index is 12.2. The van der Waals surface area contributed by atoms with E-state index >= 15 is 0 Å². The fourth-order valence-electron chi connectivity index (χ4n) is 2.93. The second-order valence-corrected chi connectivity index (χ2v) is 5.52. The van der Waals surface area contributed by atoms with E-state index in [0.29, 0.717) is 29.2 Å². The zero-order chi connectivity index (χ0) is 13.3. The molecule has 0 spiro atoms. The highest BCUT2D eigenvalue weighted by Gasteiger charge is 2.30. The summed E-state index contributed by atoms with van der Waals surface area (Å²) in [7, 11) is 0. The van der Waals surface area contributed by atoms with Gasteiger partial charge in [0.2, 0.25) is 0 Å². The van der Waals surface area contributed by atoms with Crippen LogP contribution in [0.25, 0.3) is 0 Å². The van der Waals surface area contributed by atoms with Crippen LogP contribution in [0.2, 0.25) is 0 Å². The van der Waals surface area contributed by atoms with Crippen molar-refractivity contribution in [3.8, 4) is 0 Å². The standard InChI is InChI=1S/C14H22N2O2/c1-8-6-5-7-9(2)12(8)16-14(17)13-10(3)18-11(4)15-13/h8-9,12H,5-7H2,1-4H3,(H,16,17)/t8-,9-/m1/s1. The number of carbonyl (C=O) groups excluding carboxylic acids is 1. The number of hydrogen-bond acceptors (Lipinski definition) is 3. The van der Waals surface area contributed by atoms with Crippen LogP contribution in [0, 0.1) is 25.7 Å². The average molecular weight is 250 g/mol. The number of nitrogens with zero attached hydrogens (tertiary/aromatic N) is 1. The maximum absolute atomic E-state index is 12.2.